The van der Waals surface area contributed by atoms with Gasteiger partial charge < -0.3 is 5.73 Å². The van der Waals surface area contributed by atoms with Gasteiger partial charge in [-0.15, -0.1) is 11.8 Å². The molecule has 0 aliphatic carbocycles. The molecular weight excluding hydrogens is 158 g/mol. The number of thioether (sulfide) groups is 1. The molecule has 0 bridgehead atoms. The first-order chi connectivity index (χ1) is 5.36. The molecule has 0 saturated heterocycles. The Morgan fingerprint density at radius 1 is 1.45 bits per heavy atom. The quantitative estimate of drug-likeness (QED) is 0.687. The molecule has 3 nitrogen and oxygen atoms in total. The van der Waals surface area contributed by atoms with Crippen LogP contribution in [-0.4, -0.2) is 15.7 Å². The zero-order valence-electron chi connectivity index (χ0n) is 6.45. The number of hydrogen-bond acceptors (Lipinski definition) is 4. The predicted molar refractivity (Wildman–Crippen MR) is 46.3 cm³/mol. The van der Waals surface area contributed by atoms with Crippen molar-refractivity contribution in [2.75, 3.05) is 5.75 Å². The minimum Gasteiger partial charge on any atom is -0.325 e. The molecule has 1 heterocycles. The van der Waals surface area contributed by atoms with E-state index in [0.717, 1.165) is 16.5 Å². The lowest BCUT2D eigenvalue weighted by Gasteiger charge is -1.97. The van der Waals surface area contributed by atoms with E-state index in [4.69, 9.17) is 5.73 Å². The first-order valence-electron chi connectivity index (χ1n) is 3.50. The lowest BCUT2D eigenvalue weighted by molar-refractivity contribution is 0.924. The van der Waals surface area contributed by atoms with Crippen LogP contribution in [0, 0.1) is 0 Å². The molecule has 4 heteroatoms. The van der Waals surface area contributed by atoms with Crippen molar-refractivity contribution in [3.05, 3.63) is 18.1 Å². The third-order valence-corrected chi connectivity index (χ3v) is 1.98. The van der Waals surface area contributed by atoms with Gasteiger partial charge in [0.15, 0.2) is 0 Å². The number of hydrogen-bond donors (Lipinski definition) is 1. The Morgan fingerprint density at radius 2 is 2.27 bits per heavy atom. The Hall–Kier alpha value is -0.610. The monoisotopic (exact) mass is 169 g/mol. The predicted octanol–water partition coefficient (Wildman–Crippen LogP) is 1.05. The molecular formula is C7H11N3S. The third-order valence-electron chi connectivity index (χ3n) is 1.18. The molecule has 60 valence electrons. The summed E-state index contributed by atoms with van der Waals surface area (Å²) < 4.78 is 0. The van der Waals surface area contributed by atoms with E-state index in [1.807, 2.05) is 0 Å². The van der Waals surface area contributed by atoms with Gasteiger partial charge in [0.05, 0.1) is 18.1 Å². The minimum atomic E-state index is 0.462. The topological polar surface area (TPSA) is 51.8 Å². The van der Waals surface area contributed by atoms with Crippen LogP contribution in [0.4, 0.5) is 0 Å². The molecule has 0 aliphatic heterocycles. The summed E-state index contributed by atoms with van der Waals surface area (Å²) in [7, 11) is 0. The molecule has 0 spiro atoms. The van der Waals surface area contributed by atoms with Crippen molar-refractivity contribution in [3.63, 3.8) is 0 Å². The standard InChI is InChI=1S/C7H11N3S/c1-2-11-7-5-9-6(3-8)4-10-7/h4-5H,2-3,8H2,1H3. The highest BCUT2D eigenvalue weighted by atomic mass is 32.2. The summed E-state index contributed by atoms with van der Waals surface area (Å²) in [6, 6.07) is 0. The van der Waals surface area contributed by atoms with Crippen molar-refractivity contribution in [2.24, 2.45) is 5.73 Å². The van der Waals surface area contributed by atoms with E-state index in [1.165, 1.54) is 0 Å². The molecule has 1 aromatic heterocycles. The van der Waals surface area contributed by atoms with Gasteiger partial charge in [0, 0.05) is 6.54 Å². The first-order valence-corrected chi connectivity index (χ1v) is 4.49. The molecule has 0 aliphatic rings. The summed E-state index contributed by atoms with van der Waals surface area (Å²) in [6.07, 6.45) is 3.48. The molecule has 0 unspecified atom stereocenters. The molecule has 0 radical (unpaired) electrons. The van der Waals surface area contributed by atoms with E-state index in [9.17, 15) is 0 Å². The molecule has 0 atom stereocenters. The molecule has 1 aromatic rings. The minimum absolute atomic E-state index is 0.462. The highest BCUT2D eigenvalue weighted by molar-refractivity contribution is 7.99. The van der Waals surface area contributed by atoms with Gasteiger partial charge in [-0.1, -0.05) is 6.92 Å². The van der Waals surface area contributed by atoms with E-state index in [1.54, 1.807) is 24.2 Å². The highest BCUT2D eigenvalue weighted by Crippen LogP contribution is 2.11. The maximum atomic E-state index is 5.36. The first kappa shape index (κ1) is 8.49. The fourth-order valence-corrected chi connectivity index (χ4v) is 1.22. The summed E-state index contributed by atoms with van der Waals surface area (Å²) in [5.74, 6) is 1.02. The van der Waals surface area contributed by atoms with Gasteiger partial charge in [-0.2, -0.15) is 0 Å². The van der Waals surface area contributed by atoms with Gasteiger partial charge in [-0.3, -0.25) is 4.98 Å². The number of nitrogens with two attached hydrogens (primary N) is 1. The lowest BCUT2D eigenvalue weighted by Crippen LogP contribution is -1.99. The Kier molecular flexibility index (Phi) is 3.32. The Labute approximate surface area is 70.4 Å². The van der Waals surface area contributed by atoms with Crippen molar-refractivity contribution in [1.82, 2.24) is 9.97 Å². The van der Waals surface area contributed by atoms with Crippen LogP contribution in [0.1, 0.15) is 12.6 Å². The maximum absolute atomic E-state index is 5.36. The fourth-order valence-electron chi connectivity index (χ4n) is 0.671. The lowest BCUT2D eigenvalue weighted by atomic mass is 10.5. The third kappa shape index (κ3) is 2.48. The SMILES string of the molecule is CCSc1cnc(CN)cn1. The normalized spacial score (nSPS) is 10.0. The van der Waals surface area contributed by atoms with Gasteiger partial charge in [0.2, 0.25) is 0 Å². The molecule has 0 amide bonds. The molecule has 2 N–H and O–H groups in total. The Balaban J connectivity index is 2.66. The van der Waals surface area contributed by atoms with E-state index >= 15 is 0 Å². The Morgan fingerprint density at radius 3 is 2.73 bits per heavy atom. The Bertz CT molecular complexity index is 209. The molecule has 1 rings (SSSR count). The van der Waals surface area contributed by atoms with Crippen molar-refractivity contribution < 1.29 is 0 Å². The van der Waals surface area contributed by atoms with Crippen molar-refractivity contribution >= 4 is 11.8 Å². The molecule has 11 heavy (non-hydrogen) atoms. The second kappa shape index (κ2) is 4.31. The average Bonchev–Trinajstić information content (AvgIpc) is 2.07. The van der Waals surface area contributed by atoms with Crippen LogP contribution in [0.5, 0.6) is 0 Å². The largest absolute Gasteiger partial charge is 0.325 e. The zero-order chi connectivity index (χ0) is 8.10. The second-order valence-electron chi connectivity index (χ2n) is 1.98. The summed E-state index contributed by atoms with van der Waals surface area (Å²) in [4.78, 5) is 8.27. The molecule has 0 aromatic carbocycles. The number of aromatic nitrogens is 2. The van der Waals surface area contributed by atoms with Gasteiger partial charge in [0.1, 0.15) is 5.03 Å². The van der Waals surface area contributed by atoms with E-state index in [-0.39, 0.29) is 0 Å². The van der Waals surface area contributed by atoms with Crippen LogP contribution in [0.3, 0.4) is 0 Å². The number of rotatable bonds is 3. The van der Waals surface area contributed by atoms with Gasteiger partial charge >= 0.3 is 0 Å². The highest BCUT2D eigenvalue weighted by Gasteiger charge is 1.93. The van der Waals surface area contributed by atoms with Gasteiger partial charge in [0.25, 0.3) is 0 Å². The second-order valence-corrected chi connectivity index (χ2v) is 3.27. The van der Waals surface area contributed by atoms with Crippen LogP contribution in [0.2, 0.25) is 0 Å². The molecule has 0 saturated carbocycles. The van der Waals surface area contributed by atoms with E-state index in [0.29, 0.717) is 6.54 Å². The van der Waals surface area contributed by atoms with Crippen molar-refractivity contribution in [2.45, 2.75) is 18.5 Å². The van der Waals surface area contributed by atoms with Crippen LogP contribution in [0.25, 0.3) is 0 Å². The zero-order valence-corrected chi connectivity index (χ0v) is 7.27. The summed E-state index contributed by atoms with van der Waals surface area (Å²) >= 11 is 1.68. The summed E-state index contributed by atoms with van der Waals surface area (Å²) in [6.45, 7) is 2.55. The van der Waals surface area contributed by atoms with Crippen LogP contribution >= 0.6 is 11.8 Å². The summed E-state index contributed by atoms with van der Waals surface area (Å²) in [5, 5.41) is 0.963. The van der Waals surface area contributed by atoms with E-state index < -0.39 is 0 Å². The smallest absolute Gasteiger partial charge is 0.114 e. The number of nitrogens with zero attached hydrogens (tertiary/aromatic N) is 2. The van der Waals surface area contributed by atoms with Crippen molar-refractivity contribution in [3.8, 4) is 0 Å². The summed E-state index contributed by atoms with van der Waals surface area (Å²) in [5.41, 5.74) is 6.20. The van der Waals surface area contributed by atoms with Gasteiger partial charge in [-0.05, 0) is 5.75 Å². The fraction of sp³-hybridized carbons (Fsp3) is 0.429. The average molecular weight is 169 g/mol. The molecule has 0 fully saturated rings. The van der Waals surface area contributed by atoms with Crippen LogP contribution in [-0.2, 0) is 6.54 Å². The van der Waals surface area contributed by atoms with Crippen LogP contribution < -0.4 is 5.73 Å². The maximum Gasteiger partial charge on any atom is 0.114 e. The van der Waals surface area contributed by atoms with Crippen LogP contribution in [0.15, 0.2) is 17.4 Å². The van der Waals surface area contributed by atoms with Crippen molar-refractivity contribution in [1.29, 1.82) is 0 Å². The van der Waals surface area contributed by atoms with Gasteiger partial charge in [-0.25, -0.2) is 4.98 Å². The van der Waals surface area contributed by atoms with E-state index in [2.05, 4.69) is 16.9 Å².